The van der Waals surface area contributed by atoms with Crippen LogP contribution >= 0.6 is 0 Å². The van der Waals surface area contributed by atoms with Crippen molar-refractivity contribution >= 4 is 49.4 Å². The highest BCUT2D eigenvalue weighted by Crippen LogP contribution is 2.50. The van der Waals surface area contributed by atoms with Gasteiger partial charge >= 0.3 is 0 Å². The summed E-state index contributed by atoms with van der Waals surface area (Å²) in [6, 6.07) is 64.8. The van der Waals surface area contributed by atoms with Crippen molar-refractivity contribution in [3.63, 3.8) is 0 Å². The van der Waals surface area contributed by atoms with Gasteiger partial charge in [0.05, 0.1) is 0 Å². The molecule has 236 valence electrons. The summed E-state index contributed by atoms with van der Waals surface area (Å²) in [7, 11) is 0. The standard InChI is InChI=1S/C49H35N/c1-49(2)45-16-10-9-15-43(45)44-26-23-33(31-46(44)49)39-29-36-19-17-34-27-38(28-35-18-20-37(30-39)48(36)47(34)35)32-21-24-42(25-22-32)50(40-11-5-3-6-12-40)41-13-7-4-8-14-41/h3-31H,1-2H3. The maximum atomic E-state index is 2.43. The van der Waals surface area contributed by atoms with E-state index in [9.17, 15) is 0 Å². The highest BCUT2D eigenvalue weighted by atomic mass is 15.1. The quantitative estimate of drug-likeness (QED) is 0.170. The molecule has 50 heavy (non-hydrogen) atoms. The van der Waals surface area contributed by atoms with E-state index in [0.29, 0.717) is 0 Å². The fourth-order valence-electron chi connectivity index (χ4n) is 8.46. The van der Waals surface area contributed by atoms with Crippen molar-refractivity contribution in [2.24, 2.45) is 0 Å². The van der Waals surface area contributed by atoms with E-state index in [1.165, 1.54) is 76.8 Å². The fraction of sp³-hybridized carbons (Fsp3) is 0.0612. The minimum Gasteiger partial charge on any atom is -0.311 e. The first-order valence-electron chi connectivity index (χ1n) is 17.5. The van der Waals surface area contributed by atoms with Crippen molar-refractivity contribution in [1.82, 2.24) is 0 Å². The second-order valence-corrected chi connectivity index (χ2v) is 14.2. The molecule has 0 aliphatic heterocycles. The summed E-state index contributed by atoms with van der Waals surface area (Å²) in [5, 5.41) is 7.83. The van der Waals surface area contributed by atoms with E-state index in [0.717, 1.165) is 17.1 Å². The van der Waals surface area contributed by atoms with Crippen LogP contribution in [0.25, 0.3) is 65.7 Å². The number of fused-ring (bicyclic) bond motifs is 3. The minimum atomic E-state index is -0.0146. The normalized spacial score (nSPS) is 13.2. The van der Waals surface area contributed by atoms with Crippen molar-refractivity contribution in [2.45, 2.75) is 19.3 Å². The molecule has 0 saturated heterocycles. The van der Waals surface area contributed by atoms with Gasteiger partial charge in [0, 0.05) is 22.5 Å². The Hall–Kier alpha value is -6.18. The van der Waals surface area contributed by atoms with E-state index in [-0.39, 0.29) is 5.41 Å². The lowest BCUT2D eigenvalue weighted by Crippen LogP contribution is -2.14. The Morgan fingerprint density at radius 3 is 1.34 bits per heavy atom. The van der Waals surface area contributed by atoms with E-state index in [1.807, 2.05) is 0 Å². The van der Waals surface area contributed by atoms with Gasteiger partial charge in [0.15, 0.2) is 0 Å². The Kier molecular flexibility index (Phi) is 6.29. The van der Waals surface area contributed by atoms with Crippen LogP contribution in [-0.4, -0.2) is 0 Å². The van der Waals surface area contributed by atoms with Gasteiger partial charge in [0.2, 0.25) is 0 Å². The molecule has 0 unspecified atom stereocenters. The Morgan fingerprint density at radius 2 is 0.780 bits per heavy atom. The molecule has 0 N–H and O–H groups in total. The third kappa shape index (κ3) is 4.40. The highest BCUT2D eigenvalue weighted by molar-refractivity contribution is 6.24. The van der Waals surface area contributed by atoms with Crippen LogP contribution in [0.3, 0.4) is 0 Å². The van der Waals surface area contributed by atoms with Gasteiger partial charge in [-0.15, -0.1) is 0 Å². The van der Waals surface area contributed by atoms with Crippen molar-refractivity contribution in [1.29, 1.82) is 0 Å². The Bertz CT molecular complexity index is 2600. The second-order valence-electron chi connectivity index (χ2n) is 14.2. The van der Waals surface area contributed by atoms with Crippen LogP contribution in [0.1, 0.15) is 25.0 Å². The Morgan fingerprint density at radius 1 is 0.340 bits per heavy atom. The van der Waals surface area contributed by atoms with Gasteiger partial charge in [-0.1, -0.05) is 123 Å². The molecule has 0 spiro atoms. The molecule has 0 radical (unpaired) electrons. The van der Waals surface area contributed by atoms with Crippen LogP contribution in [0, 0.1) is 0 Å². The van der Waals surface area contributed by atoms with Crippen LogP contribution in [0.15, 0.2) is 176 Å². The summed E-state index contributed by atoms with van der Waals surface area (Å²) in [5.74, 6) is 0. The summed E-state index contributed by atoms with van der Waals surface area (Å²) in [6.07, 6.45) is 0. The summed E-state index contributed by atoms with van der Waals surface area (Å²) in [5.41, 5.74) is 14.0. The molecule has 0 bridgehead atoms. The zero-order valence-corrected chi connectivity index (χ0v) is 28.2. The van der Waals surface area contributed by atoms with Gasteiger partial charge in [-0.2, -0.15) is 0 Å². The van der Waals surface area contributed by atoms with E-state index in [2.05, 4.69) is 195 Å². The zero-order chi connectivity index (χ0) is 33.4. The number of nitrogens with zero attached hydrogens (tertiary/aromatic N) is 1. The van der Waals surface area contributed by atoms with Gasteiger partial charge in [-0.3, -0.25) is 0 Å². The first kappa shape index (κ1) is 28.8. The van der Waals surface area contributed by atoms with E-state index < -0.39 is 0 Å². The van der Waals surface area contributed by atoms with Gasteiger partial charge in [0.1, 0.15) is 0 Å². The monoisotopic (exact) mass is 637 g/mol. The minimum absolute atomic E-state index is 0.0146. The van der Waals surface area contributed by atoms with Crippen LogP contribution in [0.5, 0.6) is 0 Å². The fourth-order valence-corrected chi connectivity index (χ4v) is 8.46. The number of hydrogen-bond acceptors (Lipinski definition) is 1. The molecule has 0 heterocycles. The molecule has 10 rings (SSSR count). The topological polar surface area (TPSA) is 3.24 Å². The molecule has 1 aliphatic rings. The largest absolute Gasteiger partial charge is 0.311 e. The van der Waals surface area contributed by atoms with Crippen LogP contribution in [0.4, 0.5) is 17.1 Å². The van der Waals surface area contributed by atoms with Crippen LogP contribution < -0.4 is 4.90 Å². The van der Waals surface area contributed by atoms with Crippen LogP contribution in [0.2, 0.25) is 0 Å². The molecule has 0 amide bonds. The molecular formula is C49H35N. The van der Waals surface area contributed by atoms with E-state index >= 15 is 0 Å². The van der Waals surface area contributed by atoms with E-state index in [4.69, 9.17) is 0 Å². The summed E-state index contributed by atoms with van der Waals surface area (Å²) < 4.78 is 0. The van der Waals surface area contributed by atoms with Crippen LogP contribution in [-0.2, 0) is 5.41 Å². The highest BCUT2D eigenvalue weighted by Gasteiger charge is 2.35. The Labute approximate surface area is 293 Å². The first-order chi connectivity index (χ1) is 24.5. The number of anilines is 3. The number of hydrogen-bond donors (Lipinski definition) is 0. The SMILES string of the molecule is CC1(C)c2ccccc2-c2ccc(-c3cc4ccc5cc(-c6ccc(N(c7ccccc7)c7ccccc7)cc6)cc6ccc(c3)c4c56)cc21. The maximum absolute atomic E-state index is 2.43. The molecule has 0 aromatic heterocycles. The summed E-state index contributed by atoms with van der Waals surface area (Å²) >= 11 is 0. The number of benzene rings is 9. The number of para-hydroxylation sites is 2. The van der Waals surface area contributed by atoms with Gasteiger partial charge in [-0.25, -0.2) is 0 Å². The predicted octanol–water partition coefficient (Wildman–Crippen LogP) is 13.7. The average Bonchev–Trinajstić information content (AvgIpc) is 3.40. The smallest absolute Gasteiger partial charge is 0.0462 e. The maximum Gasteiger partial charge on any atom is 0.0462 e. The van der Waals surface area contributed by atoms with Gasteiger partial charge in [-0.05, 0) is 144 Å². The summed E-state index contributed by atoms with van der Waals surface area (Å²) in [4.78, 5) is 2.31. The zero-order valence-electron chi connectivity index (χ0n) is 28.2. The van der Waals surface area contributed by atoms with Crippen molar-refractivity contribution < 1.29 is 0 Å². The molecule has 9 aromatic carbocycles. The molecule has 1 heteroatoms. The lowest BCUT2D eigenvalue weighted by molar-refractivity contribution is 0.660. The molecule has 9 aromatic rings. The number of rotatable bonds is 5. The molecule has 0 fully saturated rings. The van der Waals surface area contributed by atoms with Crippen molar-refractivity contribution in [2.75, 3.05) is 4.90 Å². The lowest BCUT2D eigenvalue weighted by Gasteiger charge is -2.25. The van der Waals surface area contributed by atoms with Crippen molar-refractivity contribution in [3.8, 4) is 33.4 Å². The average molecular weight is 638 g/mol. The second kappa shape index (κ2) is 10.9. The third-order valence-electron chi connectivity index (χ3n) is 10.9. The Balaban J connectivity index is 1.03. The summed E-state index contributed by atoms with van der Waals surface area (Å²) in [6.45, 7) is 4.71. The molecular weight excluding hydrogens is 603 g/mol. The first-order valence-corrected chi connectivity index (χ1v) is 17.5. The molecule has 1 aliphatic carbocycles. The van der Waals surface area contributed by atoms with Crippen molar-refractivity contribution in [3.05, 3.63) is 187 Å². The third-order valence-corrected chi connectivity index (χ3v) is 10.9. The lowest BCUT2D eigenvalue weighted by atomic mass is 9.81. The molecule has 0 atom stereocenters. The van der Waals surface area contributed by atoms with Gasteiger partial charge < -0.3 is 4.90 Å². The molecule has 1 nitrogen and oxygen atoms in total. The van der Waals surface area contributed by atoms with E-state index in [1.54, 1.807) is 0 Å². The predicted molar refractivity (Wildman–Crippen MR) is 213 cm³/mol. The van der Waals surface area contributed by atoms with Gasteiger partial charge in [0.25, 0.3) is 0 Å². The molecule has 0 saturated carbocycles.